The minimum Gasteiger partial charge on any atom is -0.463 e. The van der Waals surface area contributed by atoms with Crippen molar-refractivity contribution in [1.29, 1.82) is 0 Å². The number of benzene rings is 1. The van der Waals surface area contributed by atoms with Crippen LogP contribution in [0.1, 0.15) is 84.0 Å². The second-order valence-corrected chi connectivity index (χ2v) is 7.46. The quantitative estimate of drug-likeness (QED) is 0.214. The van der Waals surface area contributed by atoms with Gasteiger partial charge in [0.05, 0.1) is 13.2 Å². The second-order valence-electron chi connectivity index (χ2n) is 7.46. The first kappa shape index (κ1) is 24.9. The van der Waals surface area contributed by atoms with Gasteiger partial charge in [0.1, 0.15) is 12.4 Å². The normalized spacial score (nSPS) is 12.2. The Labute approximate surface area is 172 Å². The standard InChI is InChI=1S/C24H42O4/c1-2-3-4-5-6-7-8-9-10-11-12-16-19-26-20-21-27-22-24(25)28-23-17-14-13-15-18-23/h13-15,17-18,24-25H,2-12,16,19-22H2,1H3. The van der Waals surface area contributed by atoms with Gasteiger partial charge in [-0.3, -0.25) is 0 Å². The maximum absolute atomic E-state index is 9.74. The van der Waals surface area contributed by atoms with Crippen molar-refractivity contribution in [2.45, 2.75) is 90.3 Å². The first-order valence-corrected chi connectivity index (χ1v) is 11.4. The Bertz CT molecular complexity index is 424. The van der Waals surface area contributed by atoms with Gasteiger partial charge >= 0.3 is 0 Å². The highest BCUT2D eigenvalue weighted by molar-refractivity contribution is 5.20. The molecule has 0 aromatic heterocycles. The van der Waals surface area contributed by atoms with Crippen LogP contribution in [0.25, 0.3) is 0 Å². The molecule has 0 aliphatic rings. The highest BCUT2D eigenvalue weighted by Gasteiger charge is 2.05. The zero-order chi connectivity index (χ0) is 20.1. The number of ether oxygens (including phenoxy) is 3. The molecule has 1 N–H and O–H groups in total. The first-order valence-electron chi connectivity index (χ1n) is 11.4. The van der Waals surface area contributed by atoms with Crippen molar-refractivity contribution in [1.82, 2.24) is 0 Å². The van der Waals surface area contributed by atoms with Crippen LogP contribution in [0, 0.1) is 0 Å². The van der Waals surface area contributed by atoms with Gasteiger partial charge in [0.25, 0.3) is 0 Å². The van der Waals surface area contributed by atoms with Crippen LogP contribution >= 0.6 is 0 Å². The number of aliphatic hydroxyl groups excluding tert-OH is 1. The fourth-order valence-electron chi connectivity index (χ4n) is 3.14. The third kappa shape index (κ3) is 15.9. The molecule has 1 unspecified atom stereocenters. The van der Waals surface area contributed by atoms with Gasteiger partial charge in [0.15, 0.2) is 0 Å². The summed E-state index contributed by atoms with van der Waals surface area (Å²) in [6.07, 6.45) is 15.3. The average Bonchev–Trinajstić information content (AvgIpc) is 2.71. The third-order valence-electron chi connectivity index (χ3n) is 4.79. The van der Waals surface area contributed by atoms with E-state index in [-0.39, 0.29) is 6.61 Å². The van der Waals surface area contributed by atoms with Crippen LogP contribution in [0.3, 0.4) is 0 Å². The van der Waals surface area contributed by atoms with E-state index in [1.54, 1.807) is 12.1 Å². The van der Waals surface area contributed by atoms with Crippen LogP contribution in [0.4, 0.5) is 0 Å². The smallest absolute Gasteiger partial charge is 0.221 e. The summed E-state index contributed by atoms with van der Waals surface area (Å²) in [5, 5.41) is 9.74. The first-order chi connectivity index (χ1) is 13.8. The van der Waals surface area contributed by atoms with E-state index in [4.69, 9.17) is 14.2 Å². The number of rotatable bonds is 20. The predicted molar refractivity (Wildman–Crippen MR) is 116 cm³/mol. The fraction of sp³-hybridized carbons (Fsp3) is 0.750. The fourth-order valence-corrected chi connectivity index (χ4v) is 3.14. The van der Waals surface area contributed by atoms with Crippen LogP contribution in [0.5, 0.6) is 5.75 Å². The van der Waals surface area contributed by atoms with Crippen molar-refractivity contribution in [3.8, 4) is 5.75 Å². The molecule has 1 aromatic rings. The lowest BCUT2D eigenvalue weighted by atomic mass is 10.1. The third-order valence-corrected chi connectivity index (χ3v) is 4.79. The Kier molecular flexibility index (Phi) is 17.1. The van der Waals surface area contributed by atoms with E-state index in [1.807, 2.05) is 18.2 Å². The number of hydrogen-bond donors (Lipinski definition) is 1. The number of unbranched alkanes of at least 4 members (excludes halogenated alkanes) is 11. The maximum Gasteiger partial charge on any atom is 0.221 e. The van der Waals surface area contributed by atoms with Gasteiger partial charge in [-0.1, -0.05) is 95.8 Å². The van der Waals surface area contributed by atoms with Gasteiger partial charge in [0.2, 0.25) is 6.29 Å². The molecule has 1 aromatic carbocycles. The zero-order valence-corrected chi connectivity index (χ0v) is 17.9. The molecule has 0 heterocycles. The van der Waals surface area contributed by atoms with Crippen LogP contribution < -0.4 is 4.74 Å². The Morgan fingerprint density at radius 2 is 1.21 bits per heavy atom. The minimum absolute atomic E-state index is 0.150. The van der Waals surface area contributed by atoms with E-state index in [0.717, 1.165) is 13.0 Å². The Morgan fingerprint density at radius 1 is 0.679 bits per heavy atom. The topological polar surface area (TPSA) is 47.9 Å². The predicted octanol–water partition coefficient (Wildman–Crippen LogP) is 6.12. The molecule has 1 atom stereocenters. The maximum atomic E-state index is 9.74. The molecular formula is C24H42O4. The summed E-state index contributed by atoms with van der Waals surface area (Å²) in [6.45, 7) is 4.26. The molecule has 0 radical (unpaired) electrons. The van der Waals surface area contributed by atoms with Crippen molar-refractivity contribution in [3.63, 3.8) is 0 Å². The monoisotopic (exact) mass is 394 g/mol. The lowest BCUT2D eigenvalue weighted by Crippen LogP contribution is -2.23. The van der Waals surface area contributed by atoms with Crippen molar-refractivity contribution in [3.05, 3.63) is 30.3 Å². The lowest BCUT2D eigenvalue weighted by molar-refractivity contribution is -0.0843. The van der Waals surface area contributed by atoms with Gasteiger partial charge in [-0.2, -0.15) is 0 Å². The number of hydrogen-bond acceptors (Lipinski definition) is 4. The molecule has 0 aliphatic carbocycles. The van der Waals surface area contributed by atoms with Gasteiger partial charge in [0, 0.05) is 6.61 Å². The lowest BCUT2D eigenvalue weighted by Gasteiger charge is -2.13. The molecule has 4 nitrogen and oxygen atoms in total. The summed E-state index contributed by atoms with van der Waals surface area (Å²) in [6, 6.07) is 9.25. The number of para-hydroxylation sites is 1. The largest absolute Gasteiger partial charge is 0.463 e. The molecule has 0 fully saturated rings. The summed E-state index contributed by atoms with van der Waals surface area (Å²) in [5.74, 6) is 0.641. The van der Waals surface area contributed by atoms with Crippen molar-refractivity contribution in [2.75, 3.05) is 26.4 Å². The van der Waals surface area contributed by atoms with Crippen LogP contribution in [0.2, 0.25) is 0 Å². The number of aliphatic hydroxyl groups is 1. The van der Waals surface area contributed by atoms with Crippen LogP contribution in [-0.2, 0) is 9.47 Å². The highest BCUT2D eigenvalue weighted by Crippen LogP contribution is 2.12. The summed E-state index contributed by atoms with van der Waals surface area (Å²) >= 11 is 0. The van der Waals surface area contributed by atoms with Crippen molar-refractivity contribution in [2.24, 2.45) is 0 Å². The molecule has 0 saturated carbocycles. The highest BCUT2D eigenvalue weighted by atomic mass is 16.6. The second kappa shape index (κ2) is 19.2. The molecule has 0 aliphatic heterocycles. The van der Waals surface area contributed by atoms with Crippen LogP contribution in [0.15, 0.2) is 30.3 Å². The average molecular weight is 395 g/mol. The van der Waals surface area contributed by atoms with Gasteiger partial charge in [-0.25, -0.2) is 0 Å². The molecular weight excluding hydrogens is 352 g/mol. The molecule has 0 saturated heterocycles. The molecule has 0 spiro atoms. The van der Waals surface area contributed by atoms with Crippen molar-refractivity contribution >= 4 is 0 Å². The van der Waals surface area contributed by atoms with E-state index in [2.05, 4.69) is 6.92 Å². The van der Waals surface area contributed by atoms with Gasteiger partial charge in [-0.05, 0) is 18.6 Å². The van der Waals surface area contributed by atoms with E-state index in [9.17, 15) is 5.11 Å². The Balaban J connectivity index is 1.74. The van der Waals surface area contributed by atoms with Crippen molar-refractivity contribution < 1.29 is 19.3 Å². The zero-order valence-electron chi connectivity index (χ0n) is 17.9. The molecule has 162 valence electrons. The summed E-state index contributed by atoms with van der Waals surface area (Å²) < 4.78 is 16.3. The molecule has 0 amide bonds. The van der Waals surface area contributed by atoms with Gasteiger partial charge < -0.3 is 19.3 Å². The molecule has 4 heteroatoms. The molecule has 1 rings (SSSR count). The van der Waals surface area contributed by atoms with E-state index >= 15 is 0 Å². The van der Waals surface area contributed by atoms with E-state index in [1.165, 1.54) is 70.6 Å². The van der Waals surface area contributed by atoms with E-state index < -0.39 is 6.29 Å². The summed E-state index contributed by atoms with van der Waals surface area (Å²) in [7, 11) is 0. The summed E-state index contributed by atoms with van der Waals surface area (Å²) in [4.78, 5) is 0. The molecule has 28 heavy (non-hydrogen) atoms. The Hall–Kier alpha value is -1.10. The molecule has 0 bridgehead atoms. The minimum atomic E-state index is -0.946. The summed E-state index contributed by atoms with van der Waals surface area (Å²) in [5.41, 5.74) is 0. The van der Waals surface area contributed by atoms with Gasteiger partial charge in [-0.15, -0.1) is 0 Å². The van der Waals surface area contributed by atoms with E-state index in [0.29, 0.717) is 19.0 Å². The SMILES string of the molecule is CCCCCCCCCCCCCCOCCOCC(O)Oc1ccccc1. The Morgan fingerprint density at radius 3 is 1.82 bits per heavy atom. The van der Waals surface area contributed by atoms with Crippen LogP contribution in [-0.4, -0.2) is 37.8 Å².